The van der Waals surface area contributed by atoms with Crippen molar-refractivity contribution in [1.29, 1.82) is 0 Å². The fraction of sp³-hybridized carbons (Fsp3) is 0.107. The van der Waals surface area contributed by atoms with Crippen LogP contribution in [0.15, 0.2) is 91.3 Å². The number of pyridine rings is 1. The zero-order valence-corrected chi connectivity index (χ0v) is 18.3. The first-order valence-electron chi connectivity index (χ1n) is 11.0. The van der Waals surface area contributed by atoms with Crippen LogP contribution in [0.2, 0.25) is 0 Å². The smallest absolute Gasteiger partial charge is 0.248 e. The maximum atomic E-state index is 12.6. The molecule has 4 aromatic rings. The van der Waals surface area contributed by atoms with Gasteiger partial charge in [-0.2, -0.15) is 0 Å². The van der Waals surface area contributed by atoms with Crippen molar-refractivity contribution < 1.29 is 19.1 Å². The molecule has 2 heterocycles. The molecule has 0 spiro atoms. The van der Waals surface area contributed by atoms with Gasteiger partial charge in [0.2, 0.25) is 5.91 Å². The number of carbonyl (C=O) groups is 2. The van der Waals surface area contributed by atoms with Crippen LogP contribution in [0.4, 0.5) is 0 Å². The highest BCUT2D eigenvalue weighted by atomic mass is 16.5. The molecule has 0 aliphatic carbocycles. The molecule has 3 aromatic carbocycles. The number of benzene rings is 3. The fourth-order valence-electron chi connectivity index (χ4n) is 4.11. The van der Waals surface area contributed by atoms with E-state index < -0.39 is 12.0 Å². The third-order valence-corrected chi connectivity index (χ3v) is 5.81. The Morgan fingerprint density at radius 2 is 1.62 bits per heavy atom. The van der Waals surface area contributed by atoms with Gasteiger partial charge in [0, 0.05) is 24.4 Å². The Bertz CT molecular complexity index is 1340. The number of Topliss-reactive ketones (excluding diaryl/α,β-unsaturated/α-hetero) is 1. The van der Waals surface area contributed by atoms with Crippen molar-refractivity contribution in [1.82, 2.24) is 4.98 Å². The number of aromatic nitrogens is 1. The van der Waals surface area contributed by atoms with Gasteiger partial charge in [0.05, 0.1) is 17.7 Å². The summed E-state index contributed by atoms with van der Waals surface area (Å²) in [5.41, 5.74) is 9.74. The second-order valence-corrected chi connectivity index (χ2v) is 7.97. The van der Waals surface area contributed by atoms with Crippen molar-refractivity contribution in [2.24, 2.45) is 5.73 Å². The van der Waals surface area contributed by atoms with Crippen LogP contribution in [0, 0.1) is 0 Å². The normalized spacial score (nSPS) is 13.5. The lowest BCUT2D eigenvalue weighted by Crippen LogP contribution is -2.17. The Morgan fingerprint density at radius 3 is 2.32 bits per heavy atom. The summed E-state index contributed by atoms with van der Waals surface area (Å²) in [6.45, 7) is 0.331. The summed E-state index contributed by atoms with van der Waals surface area (Å²) in [7, 11) is 0. The maximum Gasteiger partial charge on any atom is 0.248 e. The van der Waals surface area contributed by atoms with E-state index in [1.165, 1.54) is 0 Å². The van der Waals surface area contributed by atoms with E-state index in [9.17, 15) is 9.59 Å². The SMILES string of the molecule is NC(=O)c1ccc([C@H](Oc2ccc3c(c2-c2ccccc2)OCCC3=O)c2ccncc2)cc1. The molecule has 168 valence electrons. The van der Waals surface area contributed by atoms with Crippen LogP contribution in [0.5, 0.6) is 11.5 Å². The van der Waals surface area contributed by atoms with Crippen LogP contribution in [0.1, 0.15) is 44.4 Å². The molecule has 34 heavy (non-hydrogen) atoms. The number of fused-ring (bicyclic) bond motifs is 1. The van der Waals surface area contributed by atoms with E-state index in [1.54, 1.807) is 30.6 Å². The molecular weight excluding hydrogens is 428 g/mol. The van der Waals surface area contributed by atoms with Gasteiger partial charge in [0.25, 0.3) is 0 Å². The van der Waals surface area contributed by atoms with Crippen molar-refractivity contribution in [2.75, 3.05) is 6.61 Å². The van der Waals surface area contributed by atoms with Crippen molar-refractivity contribution in [3.63, 3.8) is 0 Å². The third-order valence-electron chi connectivity index (χ3n) is 5.81. The van der Waals surface area contributed by atoms with Gasteiger partial charge in [0.1, 0.15) is 17.6 Å². The number of rotatable bonds is 6. The number of nitrogens with zero attached hydrogens (tertiary/aromatic N) is 1. The molecule has 6 nitrogen and oxygen atoms in total. The van der Waals surface area contributed by atoms with Crippen molar-refractivity contribution >= 4 is 11.7 Å². The average Bonchev–Trinajstić information content (AvgIpc) is 2.88. The van der Waals surface area contributed by atoms with Gasteiger partial charge in [-0.25, -0.2) is 0 Å². The number of hydrogen-bond donors (Lipinski definition) is 1. The molecule has 2 N–H and O–H groups in total. The quantitative estimate of drug-likeness (QED) is 0.447. The number of carbonyl (C=O) groups excluding carboxylic acids is 2. The Hall–Kier alpha value is -4.45. The summed E-state index contributed by atoms with van der Waals surface area (Å²) in [6, 6.07) is 24.1. The molecule has 1 amide bonds. The predicted molar refractivity (Wildman–Crippen MR) is 128 cm³/mol. The first-order chi connectivity index (χ1) is 16.6. The van der Waals surface area contributed by atoms with Gasteiger partial charge >= 0.3 is 0 Å². The maximum absolute atomic E-state index is 12.6. The molecule has 0 unspecified atom stereocenters. The van der Waals surface area contributed by atoms with E-state index in [2.05, 4.69) is 4.98 Å². The van der Waals surface area contributed by atoms with Gasteiger partial charge in [-0.3, -0.25) is 14.6 Å². The average molecular weight is 450 g/mol. The lowest BCUT2D eigenvalue weighted by Gasteiger charge is -2.26. The number of primary amides is 1. The van der Waals surface area contributed by atoms with Gasteiger partial charge in [-0.1, -0.05) is 42.5 Å². The van der Waals surface area contributed by atoms with Gasteiger partial charge in [-0.15, -0.1) is 0 Å². The van der Waals surface area contributed by atoms with Crippen LogP contribution in [0.25, 0.3) is 11.1 Å². The number of ether oxygens (including phenoxy) is 2. The van der Waals surface area contributed by atoms with E-state index in [0.29, 0.717) is 35.7 Å². The monoisotopic (exact) mass is 450 g/mol. The molecular formula is C28H22N2O4. The van der Waals surface area contributed by atoms with Crippen LogP contribution in [-0.2, 0) is 0 Å². The third kappa shape index (κ3) is 4.13. The summed E-state index contributed by atoms with van der Waals surface area (Å²) in [5.74, 6) is 0.687. The standard InChI is InChI=1S/C28H22N2O4/c29-28(32)21-8-6-19(7-9-21)26(20-12-15-30-16-13-20)34-24-11-10-22-23(31)14-17-33-27(22)25(24)18-4-2-1-3-5-18/h1-13,15-16,26H,14,17H2,(H2,29,32)/t26-/m0/s1. The Morgan fingerprint density at radius 1 is 0.912 bits per heavy atom. The number of nitrogens with two attached hydrogens (primary N) is 1. The molecule has 0 saturated heterocycles. The summed E-state index contributed by atoms with van der Waals surface area (Å²) in [5, 5.41) is 0. The summed E-state index contributed by atoms with van der Waals surface area (Å²) < 4.78 is 12.6. The minimum Gasteiger partial charge on any atom is -0.492 e. The van der Waals surface area contributed by atoms with E-state index in [1.807, 2.05) is 60.7 Å². The molecule has 1 aliphatic rings. The summed E-state index contributed by atoms with van der Waals surface area (Å²) >= 11 is 0. The summed E-state index contributed by atoms with van der Waals surface area (Å²) in [6.07, 6.45) is 3.27. The largest absolute Gasteiger partial charge is 0.492 e. The van der Waals surface area contributed by atoms with E-state index >= 15 is 0 Å². The first kappa shape index (κ1) is 21.4. The van der Waals surface area contributed by atoms with Crippen LogP contribution >= 0.6 is 0 Å². The Labute approximate surface area is 197 Å². The molecule has 0 bridgehead atoms. The molecule has 1 aromatic heterocycles. The van der Waals surface area contributed by atoms with E-state index in [-0.39, 0.29) is 5.78 Å². The lowest BCUT2D eigenvalue weighted by molar-refractivity contribution is 0.0932. The van der Waals surface area contributed by atoms with Crippen molar-refractivity contribution in [3.05, 3.63) is 114 Å². The molecule has 1 aliphatic heterocycles. The van der Waals surface area contributed by atoms with E-state index in [0.717, 1.165) is 22.3 Å². The van der Waals surface area contributed by atoms with E-state index in [4.69, 9.17) is 15.2 Å². The Kier molecular flexibility index (Phi) is 5.79. The highest BCUT2D eigenvalue weighted by Gasteiger charge is 2.27. The zero-order valence-electron chi connectivity index (χ0n) is 18.3. The summed E-state index contributed by atoms with van der Waals surface area (Å²) in [4.78, 5) is 28.2. The van der Waals surface area contributed by atoms with Crippen LogP contribution in [-0.4, -0.2) is 23.3 Å². The van der Waals surface area contributed by atoms with Gasteiger partial charge in [0.15, 0.2) is 5.78 Å². The fourth-order valence-corrected chi connectivity index (χ4v) is 4.11. The lowest BCUT2D eigenvalue weighted by atomic mass is 9.95. The second kappa shape index (κ2) is 9.19. The minimum atomic E-state index is -0.496. The number of amides is 1. The van der Waals surface area contributed by atoms with Crippen LogP contribution < -0.4 is 15.2 Å². The van der Waals surface area contributed by atoms with Crippen molar-refractivity contribution in [3.8, 4) is 22.6 Å². The molecule has 1 atom stereocenters. The molecule has 6 heteroatoms. The Balaban J connectivity index is 1.64. The molecule has 0 saturated carbocycles. The molecule has 0 fully saturated rings. The zero-order chi connectivity index (χ0) is 23.5. The highest BCUT2D eigenvalue weighted by Crippen LogP contribution is 2.44. The van der Waals surface area contributed by atoms with Crippen molar-refractivity contribution in [2.45, 2.75) is 12.5 Å². The highest BCUT2D eigenvalue weighted by molar-refractivity contribution is 6.02. The minimum absolute atomic E-state index is 0.0534. The number of hydrogen-bond acceptors (Lipinski definition) is 5. The molecule has 5 rings (SSSR count). The predicted octanol–water partition coefficient (Wildman–Crippen LogP) is 4.98. The first-order valence-corrected chi connectivity index (χ1v) is 11.0. The van der Waals surface area contributed by atoms with Gasteiger partial charge < -0.3 is 15.2 Å². The topological polar surface area (TPSA) is 91.5 Å². The van der Waals surface area contributed by atoms with Crippen LogP contribution in [0.3, 0.4) is 0 Å². The second-order valence-electron chi connectivity index (χ2n) is 7.97. The number of ketones is 1. The molecule has 0 radical (unpaired) electrons. The van der Waals surface area contributed by atoms with Gasteiger partial charge in [-0.05, 0) is 53.1 Å².